The Kier molecular flexibility index (Phi) is 4.59. The molecule has 1 saturated heterocycles. The minimum atomic E-state index is 0. The topological polar surface area (TPSA) is 83.7 Å². The Balaban J connectivity index is 0. The van der Waals surface area contributed by atoms with E-state index >= 15 is 0 Å². The van der Waals surface area contributed by atoms with E-state index in [-0.39, 0.29) is 7.13 Å². The monoisotopic (exact) mass is 360 g/mol. The third kappa shape index (κ3) is 3.29. The van der Waals surface area contributed by atoms with E-state index in [2.05, 4.69) is 46.1 Å². The molecular formula is C20H36N6. The highest BCUT2D eigenvalue weighted by molar-refractivity contribution is 5.89. The molecule has 0 bridgehead atoms. The Morgan fingerprint density at radius 1 is 1.31 bits per heavy atom. The predicted molar refractivity (Wildman–Crippen MR) is 115 cm³/mol. The molecule has 0 aromatic carbocycles. The lowest BCUT2D eigenvalue weighted by Crippen LogP contribution is -2.47. The van der Waals surface area contributed by atoms with Crippen molar-refractivity contribution in [1.82, 2.24) is 20.2 Å². The Morgan fingerprint density at radius 2 is 2.19 bits per heavy atom. The highest BCUT2D eigenvalue weighted by Gasteiger charge is 2.28. The largest absolute Gasteiger partial charge is 0.356 e. The van der Waals surface area contributed by atoms with Gasteiger partial charge in [-0.25, -0.2) is 9.97 Å². The lowest BCUT2D eigenvalue weighted by molar-refractivity contribution is 0.303. The molecule has 3 N–H and O–H groups in total. The van der Waals surface area contributed by atoms with Crippen LogP contribution in [0.4, 0.5) is 5.82 Å². The Labute approximate surface area is 161 Å². The van der Waals surface area contributed by atoms with Gasteiger partial charge in [-0.2, -0.15) is 5.10 Å². The van der Waals surface area contributed by atoms with Gasteiger partial charge in [0.25, 0.3) is 0 Å². The molecule has 1 aliphatic rings. The maximum Gasteiger partial charge on any atom is 0.181 e. The quantitative estimate of drug-likeness (QED) is 0.718. The van der Waals surface area contributed by atoms with Crippen LogP contribution in [-0.4, -0.2) is 39.3 Å². The van der Waals surface area contributed by atoms with Crippen LogP contribution in [-0.2, 0) is 0 Å². The summed E-state index contributed by atoms with van der Waals surface area (Å²) in [6.45, 7) is 6.46. The lowest BCUT2D eigenvalue weighted by atomic mass is 9.86. The fourth-order valence-corrected chi connectivity index (χ4v) is 3.90. The van der Waals surface area contributed by atoms with E-state index in [9.17, 15) is 0 Å². The van der Waals surface area contributed by atoms with Crippen LogP contribution in [0.25, 0.3) is 22.4 Å². The Morgan fingerprint density at radius 3 is 3.04 bits per heavy atom. The molecule has 6 nitrogen and oxygen atoms in total. The highest BCUT2D eigenvalue weighted by atomic mass is 15.2. The van der Waals surface area contributed by atoms with Gasteiger partial charge < -0.3 is 10.6 Å². The first-order chi connectivity index (χ1) is 12.6. The molecule has 0 saturated carbocycles. The van der Waals surface area contributed by atoms with E-state index in [0.717, 1.165) is 54.2 Å². The van der Waals surface area contributed by atoms with Gasteiger partial charge in [0.1, 0.15) is 5.82 Å². The summed E-state index contributed by atoms with van der Waals surface area (Å²) in [7, 11) is 0. The molecule has 4 heterocycles. The fraction of sp³-hybridized carbons (Fsp3) is 0.450. The second-order valence-electron chi connectivity index (χ2n) is 7.64. The second-order valence-corrected chi connectivity index (χ2v) is 7.64. The van der Waals surface area contributed by atoms with Gasteiger partial charge in [-0.1, -0.05) is 19.9 Å². The molecule has 4 rings (SSSR count). The van der Waals surface area contributed by atoms with Gasteiger partial charge in [0.15, 0.2) is 5.65 Å². The number of rotatable bonds is 4. The SMILES string of the molecule is CC(C)C[C@H]1CN(c2cccc(-c3[nH]nc4ncccc34)n2)CC[C@@H]1N.[HH].[HH].[HH].[HH].[HH]. The molecule has 2 atom stereocenters. The smallest absolute Gasteiger partial charge is 0.181 e. The summed E-state index contributed by atoms with van der Waals surface area (Å²) in [5, 5.41) is 8.37. The van der Waals surface area contributed by atoms with E-state index < -0.39 is 0 Å². The van der Waals surface area contributed by atoms with Crippen molar-refractivity contribution in [2.75, 3.05) is 18.0 Å². The molecule has 3 aromatic heterocycles. The fourth-order valence-electron chi connectivity index (χ4n) is 3.90. The van der Waals surface area contributed by atoms with Crippen LogP contribution >= 0.6 is 0 Å². The van der Waals surface area contributed by atoms with Crippen molar-refractivity contribution in [2.45, 2.75) is 32.7 Å². The number of H-pyrrole nitrogens is 1. The van der Waals surface area contributed by atoms with Crippen LogP contribution in [0.15, 0.2) is 36.5 Å². The molecule has 0 unspecified atom stereocenters. The normalized spacial score (nSPS) is 20.8. The highest BCUT2D eigenvalue weighted by Crippen LogP contribution is 2.28. The summed E-state index contributed by atoms with van der Waals surface area (Å²) in [6.07, 6.45) is 3.93. The second kappa shape index (κ2) is 7.03. The van der Waals surface area contributed by atoms with Crippen LogP contribution in [0.2, 0.25) is 0 Å². The number of hydrogen-bond donors (Lipinski definition) is 2. The number of aromatic nitrogens is 4. The van der Waals surface area contributed by atoms with E-state index in [1.165, 1.54) is 0 Å². The first-order valence-electron chi connectivity index (χ1n) is 9.39. The van der Waals surface area contributed by atoms with E-state index in [0.29, 0.717) is 17.9 Å². The molecule has 0 radical (unpaired) electrons. The van der Waals surface area contributed by atoms with Gasteiger partial charge in [0.2, 0.25) is 0 Å². The molecule has 1 aliphatic heterocycles. The molecule has 1 fully saturated rings. The Bertz CT molecular complexity index is 906. The number of fused-ring (bicyclic) bond motifs is 1. The van der Waals surface area contributed by atoms with Crippen molar-refractivity contribution >= 4 is 16.9 Å². The third-order valence-corrected chi connectivity index (χ3v) is 5.21. The number of hydrogen-bond acceptors (Lipinski definition) is 5. The summed E-state index contributed by atoms with van der Waals surface area (Å²) in [5.74, 6) is 2.19. The number of nitrogens with one attached hydrogen (secondary N) is 1. The predicted octanol–water partition coefficient (Wildman–Crippen LogP) is 4.45. The maximum absolute atomic E-state index is 6.37. The number of anilines is 1. The minimum absolute atomic E-state index is 0. The Hall–Kier alpha value is -2.47. The summed E-state index contributed by atoms with van der Waals surface area (Å²) in [6, 6.07) is 10.4. The molecule has 6 heteroatoms. The molecule has 26 heavy (non-hydrogen) atoms. The number of nitrogens with two attached hydrogens (primary N) is 1. The molecule has 3 aromatic rings. The van der Waals surface area contributed by atoms with Gasteiger partial charge in [0, 0.05) is 37.8 Å². The van der Waals surface area contributed by atoms with Gasteiger partial charge >= 0.3 is 0 Å². The third-order valence-electron chi connectivity index (χ3n) is 5.21. The van der Waals surface area contributed by atoms with Gasteiger partial charge in [-0.05, 0) is 48.9 Å². The molecule has 0 aliphatic carbocycles. The summed E-state index contributed by atoms with van der Waals surface area (Å²) in [4.78, 5) is 11.6. The minimum Gasteiger partial charge on any atom is -0.356 e. The number of nitrogens with zero attached hydrogens (tertiary/aromatic N) is 4. The first-order valence-corrected chi connectivity index (χ1v) is 9.39. The van der Waals surface area contributed by atoms with Crippen molar-refractivity contribution in [3.8, 4) is 11.4 Å². The molecule has 0 spiro atoms. The number of piperidine rings is 1. The van der Waals surface area contributed by atoms with Gasteiger partial charge in [0.05, 0.1) is 11.4 Å². The van der Waals surface area contributed by atoms with Crippen molar-refractivity contribution in [3.63, 3.8) is 0 Å². The van der Waals surface area contributed by atoms with Crippen molar-refractivity contribution in [2.24, 2.45) is 17.6 Å². The van der Waals surface area contributed by atoms with Crippen LogP contribution in [0, 0.1) is 11.8 Å². The summed E-state index contributed by atoms with van der Waals surface area (Å²) < 4.78 is 0. The van der Waals surface area contributed by atoms with E-state index in [1.807, 2.05) is 18.2 Å². The number of aromatic amines is 1. The van der Waals surface area contributed by atoms with Crippen LogP contribution in [0.5, 0.6) is 0 Å². The zero-order chi connectivity index (χ0) is 18.1. The van der Waals surface area contributed by atoms with Crippen LogP contribution in [0.1, 0.15) is 33.8 Å². The summed E-state index contributed by atoms with van der Waals surface area (Å²) in [5.41, 5.74) is 8.90. The van der Waals surface area contributed by atoms with E-state index in [1.54, 1.807) is 6.20 Å². The van der Waals surface area contributed by atoms with Crippen molar-refractivity contribution in [3.05, 3.63) is 36.5 Å². The first kappa shape index (κ1) is 17.0. The van der Waals surface area contributed by atoms with Crippen LogP contribution < -0.4 is 10.6 Å². The molecule has 146 valence electrons. The summed E-state index contributed by atoms with van der Waals surface area (Å²) >= 11 is 0. The van der Waals surface area contributed by atoms with Crippen molar-refractivity contribution in [1.29, 1.82) is 0 Å². The molecule has 0 amide bonds. The van der Waals surface area contributed by atoms with Gasteiger partial charge in [-0.3, -0.25) is 5.10 Å². The maximum atomic E-state index is 6.37. The van der Waals surface area contributed by atoms with Crippen LogP contribution in [0.3, 0.4) is 0 Å². The zero-order valence-electron chi connectivity index (χ0n) is 15.4. The standard InChI is InChI=1S/C20H26N6.5H2/c1-13(2)11-14-12-26(10-8-16(14)21)18-7-3-6-17(23-18)19-15-5-4-9-22-20(15)25-24-19;;;;;/h3-7,9,13-14,16H,8,10-12,21H2,1-2H3,(H,22,24,25);5*1H/t14-,16-;;;;;/m0...../s1. The lowest BCUT2D eigenvalue weighted by Gasteiger charge is -2.38. The zero-order valence-corrected chi connectivity index (χ0v) is 15.4. The average molecular weight is 361 g/mol. The average Bonchev–Trinajstić information content (AvgIpc) is 3.07. The number of pyridine rings is 2. The van der Waals surface area contributed by atoms with Crippen molar-refractivity contribution < 1.29 is 7.13 Å². The van der Waals surface area contributed by atoms with E-state index in [4.69, 9.17) is 10.7 Å². The van der Waals surface area contributed by atoms with Gasteiger partial charge in [-0.15, -0.1) is 0 Å². The molecular weight excluding hydrogens is 324 g/mol.